The number of alkyl halides is 1. The quantitative estimate of drug-likeness (QED) is 0.668. The lowest BCUT2D eigenvalue weighted by atomic mass is 10.0. The van der Waals surface area contributed by atoms with Crippen LogP contribution in [0, 0.1) is 0 Å². The summed E-state index contributed by atoms with van der Waals surface area (Å²) in [5, 5.41) is -0.294. The van der Waals surface area contributed by atoms with E-state index >= 15 is 0 Å². The Morgan fingerprint density at radius 2 is 2.20 bits per heavy atom. The Kier molecular flexibility index (Phi) is 2.97. The molecular weight excluding hydrogens is 219 g/mol. The molecule has 0 aromatic carbocycles. The molecule has 0 saturated carbocycles. The van der Waals surface area contributed by atoms with E-state index in [4.69, 9.17) is 0 Å². The first kappa shape index (κ1) is 10.9. The number of thioether (sulfide) groups is 1. The monoisotopic (exact) mass is 232 g/mol. The molecular formula is C9H13FN2O2S. The lowest BCUT2D eigenvalue weighted by Gasteiger charge is -2.36. The Morgan fingerprint density at radius 1 is 1.47 bits per heavy atom. The van der Waals surface area contributed by atoms with Gasteiger partial charge in [-0.25, -0.2) is 4.39 Å². The van der Waals surface area contributed by atoms with Crippen molar-refractivity contribution >= 4 is 22.9 Å². The molecule has 4 nitrogen and oxygen atoms in total. The molecule has 6 heteroatoms. The maximum absolute atomic E-state index is 13.7. The number of hydrogen-bond donors (Lipinski definition) is 0. The van der Waals surface area contributed by atoms with E-state index in [0.29, 0.717) is 13.0 Å². The topological polar surface area (TPSA) is 40.6 Å². The normalized spacial score (nSPS) is 33.9. The van der Waals surface area contributed by atoms with Crippen LogP contribution < -0.4 is 0 Å². The fourth-order valence-electron chi connectivity index (χ4n) is 2.02. The van der Waals surface area contributed by atoms with Crippen molar-refractivity contribution in [3.63, 3.8) is 0 Å². The molecule has 0 aliphatic carbocycles. The van der Waals surface area contributed by atoms with Crippen LogP contribution in [-0.4, -0.2) is 59.0 Å². The summed E-state index contributed by atoms with van der Waals surface area (Å²) < 4.78 is 13.7. The summed E-state index contributed by atoms with van der Waals surface area (Å²) in [5.41, 5.74) is 0. The van der Waals surface area contributed by atoms with Crippen LogP contribution in [0.25, 0.3) is 0 Å². The van der Waals surface area contributed by atoms with Crippen molar-refractivity contribution in [3.8, 4) is 0 Å². The molecule has 2 amide bonds. The van der Waals surface area contributed by atoms with E-state index in [-0.39, 0.29) is 16.9 Å². The van der Waals surface area contributed by atoms with Gasteiger partial charge in [-0.3, -0.25) is 14.5 Å². The number of hydrogen-bond acceptors (Lipinski definition) is 4. The number of piperidine rings is 1. The highest BCUT2D eigenvalue weighted by Gasteiger charge is 2.41. The van der Waals surface area contributed by atoms with E-state index in [0.717, 1.165) is 23.2 Å². The predicted molar refractivity (Wildman–Crippen MR) is 55.5 cm³/mol. The lowest BCUT2D eigenvalue weighted by molar-refractivity contribution is -0.128. The molecule has 2 aliphatic heterocycles. The third-order valence-corrected chi connectivity index (χ3v) is 3.66. The molecule has 2 heterocycles. The Labute approximate surface area is 91.8 Å². The first-order chi connectivity index (χ1) is 7.09. The van der Waals surface area contributed by atoms with Crippen LogP contribution in [0.1, 0.15) is 6.42 Å². The van der Waals surface area contributed by atoms with E-state index in [2.05, 4.69) is 0 Å². The molecule has 0 N–H and O–H groups in total. The molecule has 2 aliphatic rings. The van der Waals surface area contributed by atoms with Gasteiger partial charge in [-0.15, -0.1) is 0 Å². The molecule has 0 bridgehead atoms. The average molecular weight is 232 g/mol. The first-order valence-corrected chi connectivity index (χ1v) is 5.89. The van der Waals surface area contributed by atoms with E-state index in [1.54, 1.807) is 0 Å². The average Bonchev–Trinajstić information content (AvgIpc) is 2.48. The molecule has 2 atom stereocenters. The maximum atomic E-state index is 13.7. The van der Waals surface area contributed by atoms with Gasteiger partial charge in [0.2, 0.25) is 5.91 Å². The number of halogens is 1. The number of rotatable bonds is 1. The highest BCUT2D eigenvalue weighted by Crippen LogP contribution is 2.27. The van der Waals surface area contributed by atoms with Crippen LogP contribution >= 0.6 is 11.8 Å². The standard InChI is InChI=1S/C9H13FN2O2S/c1-11-3-2-7(6(10)4-11)12-8(13)5-15-9(12)14/h6-7H,2-5H2,1H3/t6-,7-/m0/s1. The zero-order chi connectivity index (χ0) is 11.0. The van der Waals surface area contributed by atoms with E-state index in [9.17, 15) is 14.0 Å². The van der Waals surface area contributed by atoms with Crippen LogP contribution in [0.2, 0.25) is 0 Å². The number of carbonyl (C=O) groups excluding carboxylic acids is 2. The van der Waals surface area contributed by atoms with Gasteiger partial charge in [-0.1, -0.05) is 11.8 Å². The SMILES string of the molecule is CN1CC[C@H](N2C(=O)CSC2=O)[C@@H](F)C1. The van der Waals surface area contributed by atoms with E-state index in [1.807, 2.05) is 11.9 Å². The minimum Gasteiger partial charge on any atom is -0.303 e. The summed E-state index contributed by atoms with van der Waals surface area (Å²) in [4.78, 5) is 25.8. The van der Waals surface area contributed by atoms with Crippen LogP contribution in [0.4, 0.5) is 9.18 Å². The van der Waals surface area contributed by atoms with Gasteiger partial charge in [0.05, 0.1) is 11.8 Å². The molecule has 0 unspecified atom stereocenters. The number of nitrogens with zero attached hydrogens (tertiary/aromatic N) is 2. The molecule has 2 fully saturated rings. The molecule has 15 heavy (non-hydrogen) atoms. The predicted octanol–water partition coefficient (Wildman–Crippen LogP) is 0.724. The van der Waals surface area contributed by atoms with Gasteiger partial charge in [-0.05, 0) is 13.5 Å². The largest absolute Gasteiger partial charge is 0.303 e. The molecule has 0 spiro atoms. The van der Waals surface area contributed by atoms with Crippen molar-refractivity contribution in [1.29, 1.82) is 0 Å². The highest BCUT2D eigenvalue weighted by molar-refractivity contribution is 8.14. The molecule has 0 aromatic rings. The minimum atomic E-state index is -1.12. The minimum absolute atomic E-state index is 0.165. The molecule has 2 rings (SSSR count). The first-order valence-electron chi connectivity index (χ1n) is 4.91. The fourth-order valence-corrected chi connectivity index (χ4v) is 2.78. The van der Waals surface area contributed by atoms with Gasteiger partial charge in [0.1, 0.15) is 6.17 Å². The van der Waals surface area contributed by atoms with Crippen LogP contribution in [0.3, 0.4) is 0 Å². The Hall–Kier alpha value is -0.620. The van der Waals surface area contributed by atoms with E-state index < -0.39 is 12.2 Å². The Bertz CT molecular complexity index is 284. The lowest BCUT2D eigenvalue weighted by Crippen LogP contribution is -2.53. The zero-order valence-electron chi connectivity index (χ0n) is 8.48. The summed E-state index contributed by atoms with van der Waals surface area (Å²) >= 11 is 0.967. The van der Waals surface area contributed by atoms with Crippen molar-refractivity contribution in [3.05, 3.63) is 0 Å². The Balaban J connectivity index is 2.09. The molecule has 2 saturated heterocycles. The van der Waals surface area contributed by atoms with Gasteiger partial charge < -0.3 is 4.90 Å². The van der Waals surface area contributed by atoms with Gasteiger partial charge >= 0.3 is 0 Å². The van der Waals surface area contributed by atoms with Crippen molar-refractivity contribution in [2.75, 3.05) is 25.9 Å². The molecule has 0 radical (unpaired) electrons. The fraction of sp³-hybridized carbons (Fsp3) is 0.778. The van der Waals surface area contributed by atoms with Crippen LogP contribution in [0.5, 0.6) is 0 Å². The number of likely N-dealkylation sites (tertiary alicyclic amines) is 1. The molecule has 0 aromatic heterocycles. The van der Waals surface area contributed by atoms with Gasteiger partial charge in [0, 0.05) is 13.1 Å². The molecule has 84 valence electrons. The summed E-state index contributed by atoms with van der Waals surface area (Å²) in [6, 6.07) is -0.545. The second-order valence-electron chi connectivity index (χ2n) is 3.95. The number of carbonyl (C=O) groups is 2. The number of imide groups is 1. The highest BCUT2D eigenvalue weighted by atomic mass is 32.2. The van der Waals surface area contributed by atoms with Gasteiger partial charge in [0.25, 0.3) is 5.24 Å². The van der Waals surface area contributed by atoms with Crippen LogP contribution in [-0.2, 0) is 4.79 Å². The second kappa shape index (κ2) is 4.09. The van der Waals surface area contributed by atoms with Crippen LogP contribution in [0.15, 0.2) is 0 Å². The van der Waals surface area contributed by atoms with Crippen molar-refractivity contribution in [2.24, 2.45) is 0 Å². The van der Waals surface area contributed by atoms with Crippen molar-refractivity contribution < 1.29 is 14.0 Å². The van der Waals surface area contributed by atoms with Gasteiger partial charge in [-0.2, -0.15) is 0 Å². The smallest absolute Gasteiger partial charge is 0.289 e. The second-order valence-corrected chi connectivity index (χ2v) is 4.88. The third-order valence-electron chi connectivity index (χ3n) is 2.83. The Morgan fingerprint density at radius 3 is 2.73 bits per heavy atom. The maximum Gasteiger partial charge on any atom is 0.289 e. The summed E-state index contributed by atoms with van der Waals surface area (Å²) in [6.07, 6.45) is -0.578. The summed E-state index contributed by atoms with van der Waals surface area (Å²) in [6.45, 7) is 1.03. The zero-order valence-corrected chi connectivity index (χ0v) is 9.30. The van der Waals surface area contributed by atoms with Gasteiger partial charge in [0.15, 0.2) is 0 Å². The van der Waals surface area contributed by atoms with Crippen molar-refractivity contribution in [1.82, 2.24) is 9.80 Å². The third kappa shape index (κ3) is 2.01. The van der Waals surface area contributed by atoms with E-state index in [1.165, 1.54) is 0 Å². The van der Waals surface area contributed by atoms with Crippen molar-refractivity contribution in [2.45, 2.75) is 18.6 Å². The summed E-state index contributed by atoms with van der Waals surface area (Å²) in [7, 11) is 1.84. The summed E-state index contributed by atoms with van der Waals surface area (Å²) in [5.74, 6) is -0.0834. The number of amides is 2.